The number of carbonyl (C=O) groups excluding carboxylic acids is 1. The molecule has 0 unspecified atom stereocenters. The molecular weight excluding hydrogens is 382 g/mol. The minimum Gasteiger partial charge on any atom is -0.481 e. The first-order valence-electron chi connectivity index (χ1n) is 9.15. The molecule has 0 aromatic heterocycles. The number of aromatic carboxylic acids is 1. The summed E-state index contributed by atoms with van der Waals surface area (Å²) in [7, 11) is 0. The number of benzene rings is 3. The summed E-state index contributed by atoms with van der Waals surface area (Å²) in [6.07, 6.45) is 3.80. The monoisotopic (exact) mass is 401 g/mol. The summed E-state index contributed by atoms with van der Waals surface area (Å²) in [6, 6.07) is 20.4. The SMILES string of the molecule is O=C(O)Cc1ccc(/C=C/c2ccc(NC(=O)c3ccccc3C(=O)O)cc2)cc1. The Bertz CT molecular complexity index is 1100. The fourth-order valence-corrected chi connectivity index (χ4v) is 2.86. The number of nitrogens with one attached hydrogen (secondary N) is 1. The summed E-state index contributed by atoms with van der Waals surface area (Å²) in [5, 5.41) is 20.7. The van der Waals surface area contributed by atoms with E-state index in [1.807, 2.05) is 36.4 Å². The summed E-state index contributed by atoms with van der Waals surface area (Å²) in [5.74, 6) is -2.51. The van der Waals surface area contributed by atoms with Crippen LogP contribution in [0.25, 0.3) is 12.2 Å². The van der Waals surface area contributed by atoms with E-state index in [1.54, 1.807) is 36.4 Å². The van der Waals surface area contributed by atoms with E-state index >= 15 is 0 Å². The maximum atomic E-state index is 12.4. The molecule has 0 heterocycles. The van der Waals surface area contributed by atoms with E-state index in [0.29, 0.717) is 5.69 Å². The second-order valence-corrected chi connectivity index (χ2v) is 6.57. The molecule has 0 bridgehead atoms. The van der Waals surface area contributed by atoms with Crippen LogP contribution in [0.1, 0.15) is 37.4 Å². The molecule has 0 aliphatic carbocycles. The van der Waals surface area contributed by atoms with E-state index in [0.717, 1.165) is 16.7 Å². The zero-order valence-electron chi connectivity index (χ0n) is 15.9. The van der Waals surface area contributed by atoms with Crippen LogP contribution in [-0.2, 0) is 11.2 Å². The zero-order chi connectivity index (χ0) is 21.5. The van der Waals surface area contributed by atoms with Crippen LogP contribution in [0.5, 0.6) is 0 Å². The Morgan fingerprint density at radius 2 is 1.27 bits per heavy atom. The molecule has 3 aromatic carbocycles. The minimum absolute atomic E-state index is 0.00584. The molecule has 3 rings (SSSR count). The van der Waals surface area contributed by atoms with Crippen molar-refractivity contribution in [3.05, 3.63) is 101 Å². The Morgan fingerprint density at radius 3 is 1.80 bits per heavy atom. The Kier molecular flexibility index (Phi) is 6.39. The lowest BCUT2D eigenvalue weighted by molar-refractivity contribution is -0.136. The summed E-state index contributed by atoms with van der Waals surface area (Å²) >= 11 is 0. The van der Waals surface area contributed by atoms with Crippen molar-refractivity contribution in [2.45, 2.75) is 6.42 Å². The molecule has 3 aromatic rings. The fraction of sp³-hybridized carbons (Fsp3) is 0.0417. The lowest BCUT2D eigenvalue weighted by Gasteiger charge is -2.08. The summed E-state index contributed by atoms with van der Waals surface area (Å²) < 4.78 is 0. The number of carbonyl (C=O) groups is 3. The second kappa shape index (κ2) is 9.34. The van der Waals surface area contributed by atoms with Crippen molar-refractivity contribution < 1.29 is 24.6 Å². The van der Waals surface area contributed by atoms with Gasteiger partial charge in [0, 0.05) is 5.69 Å². The fourth-order valence-electron chi connectivity index (χ4n) is 2.86. The van der Waals surface area contributed by atoms with Gasteiger partial charge in [-0.1, -0.05) is 60.7 Å². The van der Waals surface area contributed by atoms with Crippen LogP contribution in [0.4, 0.5) is 5.69 Å². The molecule has 0 radical (unpaired) electrons. The van der Waals surface area contributed by atoms with E-state index in [1.165, 1.54) is 12.1 Å². The molecule has 0 aliphatic heterocycles. The smallest absolute Gasteiger partial charge is 0.336 e. The average molecular weight is 401 g/mol. The van der Waals surface area contributed by atoms with Gasteiger partial charge in [0.2, 0.25) is 0 Å². The van der Waals surface area contributed by atoms with Gasteiger partial charge in [0.05, 0.1) is 17.5 Å². The summed E-state index contributed by atoms with van der Waals surface area (Å²) in [5.41, 5.74) is 3.18. The number of amides is 1. The molecule has 0 fully saturated rings. The van der Waals surface area contributed by atoms with Gasteiger partial charge < -0.3 is 15.5 Å². The van der Waals surface area contributed by atoms with E-state index in [-0.39, 0.29) is 17.5 Å². The van der Waals surface area contributed by atoms with Gasteiger partial charge in [-0.3, -0.25) is 9.59 Å². The normalized spacial score (nSPS) is 10.7. The van der Waals surface area contributed by atoms with Crippen molar-refractivity contribution in [2.75, 3.05) is 5.32 Å². The Labute approximate surface area is 173 Å². The maximum Gasteiger partial charge on any atom is 0.336 e. The predicted octanol–water partition coefficient (Wildman–Crippen LogP) is 4.43. The van der Waals surface area contributed by atoms with Gasteiger partial charge >= 0.3 is 11.9 Å². The van der Waals surface area contributed by atoms with Crippen molar-refractivity contribution in [1.82, 2.24) is 0 Å². The van der Waals surface area contributed by atoms with Gasteiger partial charge in [0.15, 0.2) is 0 Å². The molecule has 0 saturated carbocycles. The summed E-state index contributed by atoms with van der Waals surface area (Å²) in [6.45, 7) is 0. The summed E-state index contributed by atoms with van der Waals surface area (Å²) in [4.78, 5) is 34.4. The van der Waals surface area contributed by atoms with E-state index in [4.69, 9.17) is 5.11 Å². The first-order valence-corrected chi connectivity index (χ1v) is 9.15. The number of carboxylic acids is 2. The Balaban J connectivity index is 1.65. The highest BCUT2D eigenvalue weighted by Gasteiger charge is 2.15. The van der Waals surface area contributed by atoms with Gasteiger partial charge in [-0.05, 0) is 41.0 Å². The van der Waals surface area contributed by atoms with Gasteiger partial charge in [-0.15, -0.1) is 0 Å². The van der Waals surface area contributed by atoms with Crippen LogP contribution in [-0.4, -0.2) is 28.1 Å². The molecule has 6 heteroatoms. The molecule has 0 aliphatic rings. The van der Waals surface area contributed by atoms with Crippen LogP contribution >= 0.6 is 0 Å². The number of hydrogen-bond acceptors (Lipinski definition) is 3. The molecule has 30 heavy (non-hydrogen) atoms. The predicted molar refractivity (Wildman–Crippen MR) is 115 cm³/mol. The molecule has 3 N–H and O–H groups in total. The number of hydrogen-bond donors (Lipinski definition) is 3. The van der Waals surface area contributed by atoms with E-state index in [9.17, 15) is 19.5 Å². The molecule has 1 amide bonds. The minimum atomic E-state index is -1.16. The second-order valence-electron chi connectivity index (χ2n) is 6.57. The van der Waals surface area contributed by atoms with Crippen molar-refractivity contribution in [1.29, 1.82) is 0 Å². The van der Waals surface area contributed by atoms with Crippen LogP contribution in [0.3, 0.4) is 0 Å². The number of anilines is 1. The first kappa shape index (κ1) is 20.5. The van der Waals surface area contributed by atoms with E-state index < -0.39 is 17.8 Å². The Morgan fingerprint density at radius 1 is 0.733 bits per heavy atom. The first-order chi connectivity index (χ1) is 14.4. The molecule has 6 nitrogen and oxygen atoms in total. The highest BCUT2D eigenvalue weighted by atomic mass is 16.4. The van der Waals surface area contributed by atoms with Gasteiger partial charge in [0.25, 0.3) is 5.91 Å². The highest BCUT2D eigenvalue weighted by Crippen LogP contribution is 2.16. The third kappa shape index (κ3) is 5.42. The molecule has 150 valence electrons. The van der Waals surface area contributed by atoms with Gasteiger partial charge in [-0.25, -0.2) is 4.79 Å². The van der Waals surface area contributed by atoms with Crippen LogP contribution in [0, 0.1) is 0 Å². The molecule has 0 saturated heterocycles. The van der Waals surface area contributed by atoms with Crippen LogP contribution in [0.2, 0.25) is 0 Å². The standard InChI is InChI=1S/C24H19NO5/c26-22(27)15-18-9-7-16(8-10-18)5-6-17-11-13-19(14-12-17)25-23(28)20-3-1-2-4-21(20)24(29)30/h1-14H,15H2,(H,25,28)(H,26,27)(H,29,30)/b6-5+. The molecule has 0 atom stereocenters. The Hall–Kier alpha value is -4.19. The number of aliphatic carboxylic acids is 1. The van der Waals surface area contributed by atoms with Crippen LogP contribution < -0.4 is 5.32 Å². The third-order valence-corrected chi connectivity index (χ3v) is 4.37. The van der Waals surface area contributed by atoms with Gasteiger partial charge in [-0.2, -0.15) is 0 Å². The zero-order valence-corrected chi connectivity index (χ0v) is 15.9. The average Bonchev–Trinajstić information content (AvgIpc) is 2.74. The lowest BCUT2D eigenvalue weighted by Crippen LogP contribution is -2.16. The topological polar surface area (TPSA) is 104 Å². The van der Waals surface area contributed by atoms with Crippen molar-refractivity contribution in [2.24, 2.45) is 0 Å². The maximum absolute atomic E-state index is 12.4. The van der Waals surface area contributed by atoms with E-state index in [2.05, 4.69) is 5.32 Å². The number of rotatable bonds is 7. The quantitative estimate of drug-likeness (QED) is 0.508. The van der Waals surface area contributed by atoms with Crippen LogP contribution in [0.15, 0.2) is 72.8 Å². The lowest BCUT2D eigenvalue weighted by atomic mass is 10.1. The van der Waals surface area contributed by atoms with Gasteiger partial charge in [0.1, 0.15) is 0 Å². The molecular formula is C24H19NO5. The molecule has 0 spiro atoms. The highest BCUT2D eigenvalue weighted by molar-refractivity contribution is 6.10. The van der Waals surface area contributed by atoms with Crippen molar-refractivity contribution in [3.63, 3.8) is 0 Å². The number of carboxylic acid groups (broad SMARTS) is 2. The largest absolute Gasteiger partial charge is 0.481 e. The van der Waals surface area contributed by atoms with Crippen molar-refractivity contribution in [3.8, 4) is 0 Å². The third-order valence-electron chi connectivity index (χ3n) is 4.37. The van der Waals surface area contributed by atoms with Crippen molar-refractivity contribution >= 4 is 35.7 Å².